The molecule has 0 aromatic carbocycles. The molecule has 0 heterocycles. The average Bonchev–Trinajstić information content (AvgIpc) is 2.56. The van der Waals surface area contributed by atoms with Gasteiger partial charge in [0.25, 0.3) is 0 Å². The third kappa shape index (κ3) is 2.80. The summed E-state index contributed by atoms with van der Waals surface area (Å²) in [6.07, 6.45) is 11.2. The van der Waals surface area contributed by atoms with Crippen molar-refractivity contribution < 1.29 is 4.79 Å². The molecular formula is C11H18O. The lowest BCUT2D eigenvalue weighted by atomic mass is 9.90. The highest BCUT2D eigenvalue weighted by Crippen LogP contribution is 2.32. The summed E-state index contributed by atoms with van der Waals surface area (Å²) >= 11 is 0. The Balaban J connectivity index is 2.21. The summed E-state index contributed by atoms with van der Waals surface area (Å²) in [6, 6.07) is 0. The SMILES string of the molecule is CC(CC=CC=O)C1CCCC1. The lowest BCUT2D eigenvalue weighted by Gasteiger charge is -2.16. The molecular weight excluding hydrogens is 148 g/mol. The fourth-order valence-corrected chi connectivity index (χ4v) is 2.07. The standard InChI is InChI=1S/C11H18O/c1-10(6-4-5-9-12)11-7-2-3-8-11/h4-5,9-11H,2-3,6-8H2,1H3. The molecule has 1 saturated carbocycles. The van der Waals surface area contributed by atoms with Crippen LogP contribution in [0.1, 0.15) is 39.0 Å². The van der Waals surface area contributed by atoms with Crippen molar-refractivity contribution >= 4 is 6.29 Å². The van der Waals surface area contributed by atoms with Crippen LogP contribution < -0.4 is 0 Å². The van der Waals surface area contributed by atoms with Gasteiger partial charge in [0.15, 0.2) is 0 Å². The maximum atomic E-state index is 10.0. The first-order chi connectivity index (χ1) is 5.84. The predicted octanol–water partition coefficient (Wildman–Crippen LogP) is 2.96. The maximum Gasteiger partial charge on any atom is 0.142 e. The monoisotopic (exact) mass is 166 g/mol. The second kappa shape index (κ2) is 5.13. The van der Waals surface area contributed by atoms with Gasteiger partial charge in [0.1, 0.15) is 6.29 Å². The Morgan fingerprint density at radius 3 is 2.67 bits per heavy atom. The fourth-order valence-electron chi connectivity index (χ4n) is 2.07. The molecule has 0 bridgehead atoms. The fraction of sp³-hybridized carbons (Fsp3) is 0.727. The second-order valence-electron chi connectivity index (χ2n) is 3.82. The van der Waals surface area contributed by atoms with Crippen molar-refractivity contribution in [2.45, 2.75) is 39.0 Å². The van der Waals surface area contributed by atoms with Crippen LogP contribution in [0.25, 0.3) is 0 Å². The van der Waals surface area contributed by atoms with Crippen molar-refractivity contribution in [1.29, 1.82) is 0 Å². The van der Waals surface area contributed by atoms with E-state index in [0.29, 0.717) is 0 Å². The third-order valence-corrected chi connectivity index (χ3v) is 2.93. The molecule has 1 atom stereocenters. The van der Waals surface area contributed by atoms with Crippen LogP contribution in [0.2, 0.25) is 0 Å². The van der Waals surface area contributed by atoms with Crippen molar-refractivity contribution in [3.63, 3.8) is 0 Å². The topological polar surface area (TPSA) is 17.1 Å². The quantitative estimate of drug-likeness (QED) is 0.463. The summed E-state index contributed by atoms with van der Waals surface area (Å²) < 4.78 is 0. The molecule has 1 aliphatic carbocycles. The van der Waals surface area contributed by atoms with E-state index in [9.17, 15) is 4.79 Å². The molecule has 0 aliphatic heterocycles. The summed E-state index contributed by atoms with van der Waals surface area (Å²) in [5, 5.41) is 0. The molecule has 1 fully saturated rings. The average molecular weight is 166 g/mol. The molecule has 0 amide bonds. The molecule has 68 valence electrons. The van der Waals surface area contributed by atoms with E-state index in [2.05, 4.69) is 6.92 Å². The first-order valence-corrected chi connectivity index (χ1v) is 4.95. The van der Waals surface area contributed by atoms with E-state index >= 15 is 0 Å². The number of allylic oxidation sites excluding steroid dienone is 2. The zero-order valence-corrected chi connectivity index (χ0v) is 7.83. The van der Waals surface area contributed by atoms with Crippen molar-refractivity contribution in [2.24, 2.45) is 11.8 Å². The van der Waals surface area contributed by atoms with Crippen LogP contribution in [0.3, 0.4) is 0 Å². The van der Waals surface area contributed by atoms with Crippen molar-refractivity contribution in [3.8, 4) is 0 Å². The molecule has 1 nitrogen and oxygen atoms in total. The Morgan fingerprint density at radius 1 is 1.42 bits per heavy atom. The maximum absolute atomic E-state index is 10.0. The van der Waals surface area contributed by atoms with Gasteiger partial charge in [-0.05, 0) is 24.3 Å². The van der Waals surface area contributed by atoms with Crippen LogP contribution in [-0.2, 0) is 4.79 Å². The highest BCUT2D eigenvalue weighted by Gasteiger charge is 2.19. The molecule has 0 aromatic rings. The zero-order chi connectivity index (χ0) is 8.81. The minimum atomic E-state index is 0.767. The Labute approximate surface area is 74.9 Å². The van der Waals surface area contributed by atoms with Gasteiger partial charge in [-0.1, -0.05) is 38.7 Å². The number of hydrogen-bond donors (Lipinski definition) is 0. The Kier molecular flexibility index (Phi) is 4.06. The minimum Gasteiger partial charge on any atom is -0.299 e. The first-order valence-electron chi connectivity index (χ1n) is 4.95. The number of carbonyl (C=O) groups excluding carboxylic acids is 1. The van der Waals surface area contributed by atoms with Gasteiger partial charge < -0.3 is 0 Å². The summed E-state index contributed by atoms with van der Waals surface area (Å²) in [7, 11) is 0. The number of rotatable bonds is 4. The van der Waals surface area contributed by atoms with Gasteiger partial charge in [-0.25, -0.2) is 0 Å². The highest BCUT2D eigenvalue weighted by atomic mass is 16.1. The Morgan fingerprint density at radius 2 is 2.08 bits per heavy atom. The number of carbonyl (C=O) groups is 1. The number of aldehydes is 1. The van der Waals surface area contributed by atoms with Crippen molar-refractivity contribution in [2.75, 3.05) is 0 Å². The molecule has 0 spiro atoms. The molecule has 1 aliphatic rings. The van der Waals surface area contributed by atoms with Gasteiger partial charge in [0.2, 0.25) is 0 Å². The number of hydrogen-bond acceptors (Lipinski definition) is 1. The van der Waals surface area contributed by atoms with E-state index in [1.54, 1.807) is 6.08 Å². The van der Waals surface area contributed by atoms with Crippen LogP contribution in [-0.4, -0.2) is 6.29 Å². The van der Waals surface area contributed by atoms with Crippen molar-refractivity contribution in [3.05, 3.63) is 12.2 Å². The minimum absolute atomic E-state index is 0.767. The molecule has 0 aromatic heterocycles. The predicted molar refractivity (Wildman–Crippen MR) is 50.9 cm³/mol. The van der Waals surface area contributed by atoms with Gasteiger partial charge in [-0.2, -0.15) is 0 Å². The zero-order valence-electron chi connectivity index (χ0n) is 7.83. The lowest BCUT2D eigenvalue weighted by molar-refractivity contribution is -0.104. The Bertz CT molecular complexity index is 154. The van der Waals surface area contributed by atoms with Gasteiger partial charge in [0, 0.05) is 0 Å². The van der Waals surface area contributed by atoms with E-state index < -0.39 is 0 Å². The summed E-state index contributed by atoms with van der Waals surface area (Å²) in [5.41, 5.74) is 0. The first kappa shape index (κ1) is 9.50. The molecule has 12 heavy (non-hydrogen) atoms. The molecule has 1 heteroatoms. The van der Waals surface area contributed by atoms with Gasteiger partial charge in [-0.15, -0.1) is 0 Å². The molecule has 1 unspecified atom stereocenters. The third-order valence-electron chi connectivity index (χ3n) is 2.93. The van der Waals surface area contributed by atoms with Gasteiger partial charge in [-0.3, -0.25) is 4.79 Å². The smallest absolute Gasteiger partial charge is 0.142 e. The molecule has 0 radical (unpaired) electrons. The van der Waals surface area contributed by atoms with Gasteiger partial charge in [0.05, 0.1) is 0 Å². The Hall–Kier alpha value is -0.590. The highest BCUT2D eigenvalue weighted by molar-refractivity contribution is 5.64. The summed E-state index contributed by atoms with van der Waals surface area (Å²) in [5.74, 6) is 1.69. The lowest BCUT2D eigenvalue weighted by Crippen LogP contribution is -2.06. The van der Waals surface area contributed by atoms with Crippen molar-refractivity contribution in [1.82, 2.24) is 0 Å². The summed E-state index contributed by atoms with van der Waals surface area (Å²) in [6.45, 7) is 2.30. The summed E-state index contributed by atoms with van der Waals surface area (Å²) in [4.78, 5) is 10.0. The van der Waals surface area contributed by atoms with E-state index in [0.717, 1.165) is 24.5 Å². The van der Waals surface area contributed by atoms with E-state index in [4.69, 9.17) is 0 Å². The molecule has 1 rings (SSSR count). The van der Waals surface area contributed by atoms with Crippen LogP contribution in [0, 0.1) is 11.8 Å². The van der Waals surface area contributed by atoms with Crippen LogP contribution in [0.15, 0.2) is 12.2 Å². The molecule has 0 N–H and O–H groups in total. The van der Waals surface area contributed by atoms with E-state index in [-0.39, 0.29) is 0 Å². The largest absolute Gasteiger partial charge is 0.299 e. The molecule has 0 saturated heterocycles. The van der Waals surface area contributed by atoms with Gasteiger partial charge >= 0.3 is 0 Å². The normalized spacial score (nSPS) is 21.8. The van der Waals surface area contributed by atoms with E-state index in [1.807, 2.05) is 6.08 Å². The van der Waals surface area contributed by atoms with E-state index in [1.165, 1.54) is 25.7 Å². The van der Waals surface area contributed by atoms with Crippen LogP contribution in [0.4, 0.5) is 0 Å². The second-order valence-corrected chi connectivity index (χ2v) is 3.82. The van der Waals surface area contributed by atoms with Crippen LogP contribution >= 0.6 is 0 Å². The van der Waals surface area contributed by atoms with Crippen LogP contribution in [0.5, 0.6) is 0 Å².